The molecule has 1 aromatic rings. The van der Waals surface area contributed by atoms with Crippen molar-refractivity contribution in [2.45, 2.75) is 57.9 Å². The van der Waals surface area contributed by atoms with Crippen LogP contribution in [0.15, 0.2) is 18.2 Å². The molecule has 1 saturated carbocycles. The van der Waals surface area contributed by atoms with E-state index in [1.165, 1.54) is 38.5 Å². The first-order valence-electron chi connectivity index (χ1n) is 7.89. The van der Waals surface area contributed by atoms with Gasteiger partial charge in [-0.3, -0.25) is 0 Å². The van der Waals surface area contributed by atoms with Crippen LogP contribution in [0, 0.1) is 5.92 Å². The van der Waals surface area contributed by atoms with Gasteiger partial charge in [-0.1, -0.05) is 74.4 Å². The summed E-state index contributed by atoms with van der Waals surface area (Å²) in [4.78, 5) is 0. The lowest BCUT2D eigenvalue weighted by molar-refractivity contribution is 0.300. The van der Waals surface area contributed by atoms with Gasteiger partial charge in [-0.25, -0.2) is 0 Å². The van der Waals surface area contributed by atoms with Crippen molar-refractivity contribution in [1.82, 2.24) is 5.32 Å². The van der Waals surface area contributed by atoms with E-state index < -0.39 is 0 Å². The van der Waals surface area contributed by atoms with Gasteiger partial charge < -0.3 is 5.32 Å². The zero-order valence-electron chi connectivity index (χ0n) is 12.3. The molecule has 0 heterocycles. The lowest BCUT2D eigenvalue weighted by Gasteiger charge is -2.28. The summed E-state index contributed by atoms with van der Waals surface area (Å²) in [7, 11) is 0. The quantitative estimate of drug-likeness (QED) is 0.678. The van der Waals surface area contributed by atoms with E-state index in [1.54, 1.807) is 0 Å². The maximum atomic E-state index is 6.41. The van der Waals surface area contributed by atoms with Crippen LogP contribution in [0.3, 0.4) is 0 Å². The van der Waals surface area contributed by atoms with E-state index in [0.29, 0.717) is 11.1 Å². The highest BCUT2D eigenvalue weighted by molar-refractivity contribution is 6.42. The zero-order chi connectivity index (χ0) is 14.4. The predicted molar refractivity (Wildman–Crippen MR) is 88.7 cm³/mol. The van der Waals surface area contributed by atoms with Gasteiger partial charge in [0.15, 0.2) is 0 Å². The summed E-state index contributed by atoms with van der Waals surface area (Å²) in [5, 5.41) is 5.04. The summed E-state index contributed by atoms with van der Waals surface area (Å²) in [6, 6.07) is 6.32. The molecule has 0 aromatic heterocycles. The number of benzene rings is 1. The molecular weight excluding hydrogens is 289 g/mol. The van der Waals surface area contributed by atoms with Crippen LogP contribution in [0.2, 0.25) is 10.0 Å². The van der Waals surface area contributed by atoms with E-state index in [4.69, 9.17) is 23.2 Å². The number of halogens is 2. The zero-order valence-corrected chi connectivity index (χ0v) is 13.8. The summed E-state index contributed by atoms with van der Waals surface area (Å²) >= 11 is 12.6. The lowest BCUT2D eigenvalue weighted by atomic mass is 9.83. The highest BCUT2D eigenvalue weighted by atomic mass is 35.5. The van der Waals surface area contributed by atoms with Crippen molar-refractivity contribution in [2.24, 2.45) is 5.92 Å². The molecule has 112 valence electrons. The Hall–Kier alpha value is -0.240. The molecule has 1 fully saturated rings. The van der Waals surface area contributed by atoms with Crippen LogP contribution in [0.25, 0.3) is 0 Å². The van der Waals surface area contributed by atoms with Gasteiger partial charge in [-0.05, 0) is 36.9 Å². The van der Waals surface area contributed by atoms with E-state index in [0.717, 1.165) is 29.5 Å². The average molecular weight is 314 g/mol. The number of hydrogen-bond donors (Lipinski definition) is 1. The van der Waals surface area contributed by atoms with E-state index in [-0.39, 0.29) is 0 Å². The summed E-state index contributed by atoms with van der Waals surface area (Å²) in [6.07, 6.45) is 9.22. The number of nitrogens with one attached hydrogen (secondary N) is 1. The molecule has 0 bridgehead atoms. The van der Waals surface area contributed by atoms with Crippen molar-refractivity contribution < 1.29 is 0 Å². The fraction of sp³-hybridized carbons (Fsp3) is 0.647. The van der Waals surface area contributed by atoms with Gasteiger partial charge >= 0.3 is 0 Å². The molecule has 0 amide bonds. The SMILES string of the molecule is CCCNC(CC1CCCCC1)c1cccc(Cl)c1Cl. The summed E-state index contributed by atoms with van der Waals surface area (Å²) in [5.74, 6) is 0.827. The maximum absolute atomic E-state index is 6.41. The predicted octanol–water partition coefficient (Wildman–Crippen LogP) is 6.00. The van der Waals surface area contributed by atoms with Crippen LogP contribution >= 0.6 is 23.2 Å². The largest absolute Gasteiger partial charge is 0.310 e. The molecule has 0 aliphatic heterocycles. The lowest BCUT2D eigenvalue weighted by Crippen LogP contribution is -2.25. The highest BCUT2D eigenvalue weighted by Gasteiger charge is 2.22. The van der Waals surface area contributed by atoms with Gasteiger partial charge in [-0.15, -0.1) is 0 Å². The molecule has 1 atom stereocenters. The second kappa shape index (κ2) is 8.26. The molecule has 1 aliphatic rings. The normalized spacial score (nSPS) is 18.1. The summed E-state index contributed by atoms with van der Waals surface area (Å²) in [6.45, 7) is 3.23. The average Bonchev–Trinajstić information content (AvgIpc) is 2.48. The summed E-state index contributed by atoms with van der Waals surface area (Å²) < 4.78 is 0. The minimum absolute atomic E-state index is 0.337. The highest BCUT2D eigenvalue weighted by Crippen LogP contribution is 2.36. The van der Waals surface area contributed by atoms with Crippen molar-refractivity contribution in [1.29, 1.82) is 0 Å². The monoisotopic (exact) mass is 313 g/mol. The minimum Gasteiger partial charge on any atom is -0.310 e. The third-order valence-electron chi connectivity index (χ3n) is 4.29. The first-order valence-corrected chi connectivity index (χ1v) is 8.65. The van der Waals surface area contributed by atoms with Crippen molar-refractivity contribution >= 4 is 23.2 Å². The first kappa shape index (κ1) is 16.1. The van der Waals surface area contributed by atoms with Gasteiger partial charge in [-0.2, -0.15) is 0 Å². The fourth-order valence-electron chi connectivity index (χ4n) is 3.18. The van der Waals surface area contributed by atoms with Crippen LogP contribution in [-0.4, -0.2) is 6.54 Å². The van der Waals surface area contributed by atoms with Crippen LogP contribution in [0.4, 0.5) is 0 Å². The van der Waals surface area contributed by atoms with Gasteiger partial charge in [0.2, 0.25) is 0 Å². The molecule has 1 N–H and O–H groups in total. The molecule has 1 aliphatic carbocycles. The Balaban J connectivity index is 2.11. The van der Waals surface area contributed by atoms with Crippen molar-refractivity contribution in [2.75, 3.05) is 6.54 Å². The van der Waals surface area contributed by atoms with Crippen LogP contribution in [-0.2, 0) is 0 Å². The Morgan fingerprint density at radius 3 is 2.65 bits per heavy atom. The molecule has 2 rings (SSSR count). The standard InChI is InChI=1S/C17H25Cl2N/c1-2-11-20-16(12-13-7-4-3-5-8-13)14-9-6-10-15(18)17(14)19/h6,9-10,13,16,20H,2-5,7-8,11-12H2,1H3. The Kier molecular flexibility index (Phi) is 6.67. The Morgan fingerprint density at radius 1 is 1.20 bits per heavy atom. The van der Waals surface area contributed by atoms with E-state index in [1.807, 2.05) is 12.1 Å². The molecule has 20 heavy (non-hydrogen) atoms. The van der Waals surface area contributed by atoms with E-state index in [2.05, 4.69) is 18.3 Å². The Bertz CT molecular complexity index is 413. The second-order valence-corrected chi connectivity index (χ2v) is 6.67. The fourth-order valence-corrected chi connectivity index (χ4v) is 3.62. The van der Waals surface area contributed by atoms with E-state index >= 15 is 0 Å². The second-order valence-electron chi connectivity index (χ2n) is 5.89. The molecule has 0 spiro atoms. The van der Waals surface area contributed by atoms with Gasteiger partial charge in [0.25, 0.3) is 0 Å². The third kappa shape index (κ3) is 4.38. The molecule has 3 heteroatoms. The first-order chi connectivity index (χ1) is 9.72. The van der Waals surface area contributed by atoms with Crippen LogP contribution < -0.4 is 5.32 Å². The Labute approximate surface area is 133 Å². The molecule has 1 unspecified atom stereocenters. The summed E-state index contributed by atoms with van der Waals surface area (Å²) in [5.41, 5.74) is 1.16. The molecule has 1 nitrogen and oxygen atoms in total. The van der Waals surface area contributed by atoms with Gasteiger partial charge in [0, 0.05) is 6.04 Å². The maximum Gasteiger partial charge on any atom is 0.0640 e. The number of rotatable bonds is 6. The molecular formula is C17H25Cl2N. The molecule has 1 aromatic carbocycles. The minimum atomic E-state index is 0.337. The van der Waals surface area contributed by atoms with Crippen molar-refractivity contribution in [3.63, 3.8) is 0 Å². The smallest absolute Gasteiger partial charge is 0.0640 e. The van der Waals surface area contributed by atoms with Crippen molar-refractivity contribution in [3.8, 4) is 0 Å². The van der Waals surface area contributed by atoms with Crippen LogP contribution in [0.1, 0.15) is 63.5 Å². The van der Waals surface area contributed by atoms with Gasteiger partial charge in [0.1, 0.15) is 0 Å². The number of hydrogen-bond acceptors (Lipinski definition) is 1. The van der Waals surface area contributed by atoms with Gasteiger partial charge in [0.05, 0.1) is 10.0 Å². The van der Waals surface area contributed by atoms with E-state index in [9.17, 15) is 0 Å². The molecule has 0 radical (unpaired) electrons. The van der Waals surface area contributed by atoms with Crippen LogP contribution in [0.5, 0.6) is 0 Å². The molecule has 0 saturated heterocycles. The van der Waals surface area contributed by atoms with Crippen molar-refractivity contribution in [3.05, 3.63) is 33.8 Å². The third-order valence-corrected chi connectivity index (χ3v) is 5.12. The Morgan fingerprint density at radius 2 is 1.95 bits per heavy atom. The topological polar surface area (TPSA) is 12.0 Å².